The molecular formula is C13H16O2. The molecule has 0 aliphatic heterocycles. The van der Waals surface area contributed by atoms with Gasteiger partial charge in [-0.3, -0.25) is 9.59 Å². The Kier molecular flexibility index (Phi) is 3.78. The summed E-state index contributed by atoms with van der Waals surface area (Å²) in [5.74, 6) is -0.640. The van der Waals surface area contributed by atoms with Crippen molar-refractivity contribution >= 4 is 11.6 Å². The summed E-state index contributed by atoms with van der Waals surface area (Å²) < 4.78 is 0. The molecule has 0 N–H and O–H groups in total. The molecule has 0 fully saturated rings. The van der Waals surface area contributed by atoms with Crippen LogP contribution in [0, 0.1) is 13.8 Å². The van der Waals surface area contributed by atoms with Crippen LogP contribution in [0.15, 0.2) is 18.2 Å². The molecule has 0 radical (unpaired) electrons. The first kappa shape index (κ1) is 11.6. The number of ketones is 2. The summed E-state index contributed by atoms with van der Waals surface area (Å²) in [4.78, 5) is 23.1. The largest absolute Gasteiger partial charge is 0.290 e. The van der Waals surface area contributed by atoms with Crippen LogP contribution in [-0.2, 0) is 4.79 Å². The van der Waals surface area contributed by atoms with Gasteiger partial charge in [0, 0.05) is 12.0 Å². The number of Topliss-reactive ketones (excluding diaryl/α,β-unsaturated/α-hetero) is 2. The van der Waals surface area contributed by atoms with Crippen molar-refractivity contribution in [1.82, 2.24) is 0 Å². The van der Waals surface area contributed by atoms with Crippen LogP contribution in [0.5, 0.6) is 0 Å². The Morgan fingerprint density at radius 1 is 1.20 bits per heavy atom. The molecule has 0 heterocycles. The summed E-state index contributed by atoms with van der Waals surface area (Å²) in [6.07, 6.45) is 1.06. The monoisotopic (exact) mass is 204 g/mol. The predicted molar refractivity (Wildman–Crippen MR) is 60.2 cm³/mol. The van der Waals surface area contributed by atoms with Crippen LogP contribution in [0.2, 0.25) is 0 Å². The van der Waals surface area contributed by atoms with E-state index < -0.39 is 0 Å². The molecule has 15 heavy (non-hydrogen) atoms. The number of carbonyl (C=O) groups is 2. The molecule has 0 unspecified atom stereocenters. The van der Waals surface area contributed by atoms with Crippen molar-refractivity contribution in [3.8, 4) is 0 Å². The lowest BCUT2D eigenvalue weighted by molar-refractivity contribution is -0.115. The van der Waals surface area contributed by atoms with Gasteiger partial charge in [0.05, 0.1) is 0 Å². The summed E-state index contributed by atoms with van der Waals surface area (Å²) in [6, 6.07) is 5.52. The highest BCUT2D eigenvalue weighted by molar-refractivity contribution is 6.44. The van der Waals surface area contributed by atoms with Gasteiger partial charge in [0.1, 0.15) is 0 Å². The van der Waals surface area contributed by atoms with Crippen LogP contribution >= 0.6 is 0 Å². The van der Waals surface area contributed by atoms with E-state index in [-0.39, 0.29) is 11.6 Å². The van der Waals surface area contributed by atoms with Crippen molar-refractivity contribution < 1.29 is 9.59 Å². The first-order chi connectivity index (χ1) is 7.06. The molecule has 0 aromatic heterocycles. The lowest BCUT2D eigenvalue weighted by Gasteiger charge is -2.04. The zero-order valence-corrected chi connectivity index (χ0v) is 9.46. The van der Waals surface area contributed by atoms with Gasteiger partial charge in [-0.05, 0) is 25.8 Å². The number of rotatable bonds is 4. The quantitative estimate of drug-likeness (QED) is 0.558. The summed E-state index contributed by atoms with van der Waals surface area (Å²) in [6.45, 7) is 5.72. The molecular weight excluding hydrogens is 188 g/mol. The second-order valence-electron chi connectivity index (χ2n) is 3.82. The van der Waals surface area contributed by atoms with Gasteiger partial charge in [0.25, 0.3) is 0 Å². The molecule has 0 aliphatic carbocycles. The molecule has 0 bridgehead atoms. The molecule has 0 aliphatic rings. The highest BCUT2D eigenvalue weighted by atomic mass is 16.2. The molecule has 1 rings (SSSR count). The highest BCUT2D eigenvalue weighted by Crippen LogP contribution is 2.12. The zero-order chi connectivity index (χ0) is 11.4. The summed E-state index contributed by atoms with van der Waals surface area (Å²) in [5.41, 5.74) is 2.52. The topological polar surface area (TPSA) is 34.1 Å². The van der Waals surface area contributed by atoms with Crippen molar-refractivity contribution in [2.75, 3.05) is 0 Å². The van der Waals surface area contributed by atoms with E-state index in [2.05, 4.69) is 0 Å². The first-order valence-corrected chi connectivity index (χ1v) is 5.21. The zero-order valence-electron chi connectivity index (χ0n) is 9.46. The van der Waals surface area contributed by atoms with Crippen LogP contribution < -0.4 is 0 Å². The van der Waals surface area contributed by atoms with E-state index in [1.807, 2.05) is 32.9 Å². The van der Waals surface area contributed by atoms with Crippen LogP contribution in [0.4, 0.5) is 0 Å². The Balaban J connectivity index is 2.96. The number of aryl methyl sites for hydroxylation is 2. The molecule has 0 spiro atoms. The second kappa shape index (κ2) is 4.87. The smallest absolute Gasteiger partial charge is 0.228 e. The van der Waals surface area contributed by atoms with Gasteiger partial charge < -0.3 is 0 Å². The summed E-state index contributed by atoms with van der Waals surface area (Å²) >= 11 is 0. The third-order valence-electron chi connectivity index (χ3n) is 2.36. The first-order valence-electron chi connectivity index (χ1n) is 5.21. The number of hydrogen-bond donors (Lipinski definition) is 0. The third-order valence-corrected chi connectivity index (χ3v) is 2.36. The van der Waals surface area contributed by atoms with E-state index in [0.29, 0.717) is 12.0 Å². The van der Waals surface area contributed by atoms with Gasteiger partial charge in [-0.25, -0.2) is 0 Å². The van der Waals surface area contributed by atoms with E-state index >= 15 is 0 Å². The Labute approximate surface area is 90.3 Å². The van der Waals surface area contributed by atoms with Crippen LogP contribution in [-0.4, -0.2) is 11.6 Å². The van der Waals surface area contributed by atoms with Gasteiger partial charge in [0.2, 0.25) is 11.6 Å². The lowest BCUT2D eigenvalue weighted by Crippen LogP contribution is -2.14. The average Bonchev–Trinajstić information content (AvgIpc) is 2.17. The summed E-state index contributed by atoms with van der Waals surface area (Å²) in [5, 5.41) is 0. The van der Waals surface area contributed by atoms with Crippen molar-refractivity contribution in [1.29, 1.82) is 0 Å². The van der Waals surface area contributed by atoms with Crippen molar-refractivity contribution in [3.05, 3.63) is 34.9 Å². The summed E-state index contributed by atoms with van der Waals surface area (Å²) in [7, 11) is 0. The SMILES string of the molecule is CCCC(=O)C(=O)c1ccc(C)cc1C. The Bertz CT molecular complexity index is 392. The maximum absolute atomic E-state index is 11.7. The normalized spacial score (nSPS) is 10.1. The van der Waals surface area contributed by atoms with Crippen LogP contribution in [0.3, 0.4) is 0 Å². The number of carbonyl (C=O) groups excluding carboxylic acids is 2. The predicted octanol–water partition coefficient (Wildman–Crippen LogP) is 2.86. The molecule has 0 atom stereocenters. The van der Waals surface area contributed by atoms with Gasteiger partial charge in [-0.2, -0.15) is 0 Å². The molecule has 1 aromatic rings. The fourth-order valence-electron chi connectivity index (χ4n) is 1.56. The Morgan fingerprint density at radius 3 is 2.40 bits per heavy atom. The minimum atomic E-state index is -0.352. The molecule has 0 saturated heterocycles. The minimum Gasteiger partial charge on any atom is -0.290 e. The van der Waals surface area contributed by atoms with Gasteiger partial charge in [-0.15, -0.1) is 0 Å². The van der Waals surface area contributed by atoms with Crippen molar-refractivity contribution in [2.24, 2.45) is 0 Å². The average molecular weight is 204 g/mol. The minimum absolute atomic E-state index is 0.288. The second-order valence-corrected chi connectivity index (χ2v) is 3.82. The molecule has 0 amide bonds. The van der Waals surface area contributed by atoms with Crippen LogP contribution in [0.1, 0.15) is 41.3 Å². The van der Waals surface area contributed by atoms with E-state index in [4.69, 9.17) is 0 Å². The Morgan fingerprint density at radius 2 is 1.87 bits per heavy atom. The van der Waals surface area contributed by atoms with Gasteiger partial charge in [0.15, 0.2) is 0 Å². The third kappa shape index (κ3) is 2.75. The fourth-order valence-corrected chi connectivity index (χ4v) is 1.56. The van der Waals surface area contributed by atoms with E-state index in [0.717, 1.165) is 17.5 Å². The Hall–Kier alpha value is -1.44. The fraction of sp³-hybridized carbons (Fsp3) is 0.385. The standard InChI is InChI=1S/C13H16O2/c1-4-5-12(14)13(15)11-7-6-9(2)8-10(11)3/h6-8H,4-5H2,1-3H3. The van der Waals surface area contributed by atoms with Crippen molar-refractivity contribution in [3.63, 3.8) is 0 Å². The van der Waals surface area contributed by atoms with Gasteiger partial charge >= 0.3 is 0 Å². The lowest BCUT2D eigenvalue weighted by atomic mass is 9.98. The maximum Gasteiger partial charge on any atom is 0.228 e. The van der Waals surface area contributed by atoms with Crippen molar-refractivity contribution in [2.45, 2.75) is 33.6 Å². The molecule has 0 saturated carbocycles. The van der Waals surface area contributed by atoms with E-state index in [9.17, 15) is 9.59 Å². The van der Waals surface area contributed by atoms with E-state index in [1.165, 1.54) is 0 Å². The maximum atomic E-state index is 11.7. The van der Waals surface area contributed by atoms with Crippen LogP contribution in [0.25, 0.3) is 0 Å². The highest BCUT2D eigenvalue weighted by Gasteiger charge is 2.16. The van der Waals surface area contributed by atoms with Gasteiger partial charge in [-0.1, -0.05) is 30.7 Å². The number of benzene rings is 1. The molecule has 80 valence electrons. The molecule has 2 nitrogen and oxygen atoms in total. The molecule has 2 heteroatoms. The van der Waals surface area contributed by atoms with E-state index in [1.54, 1.807) is 6.07 Å². The number of hydrogen-bond acceptors (Lipinski definition) is 2. The molecule has 1 aromatic carbocycles.